The minimum atomic E-state index is -1.12. The summed E-state index contributed by atoms with van der Waals surface area (Å²) >= 11 is 0. The van der Waals surface area contributed by atoms with Crippen LogP contribution in [0.25, 0.3) is 11.2 Å². The highest BCUT2D eigenvalue weighted by atomic mass is 16.5. The Kier molecular flexibility index (Phi) is 7.70. The van der Waals surface area contributed by atoms with Gasteiger partial charge in [-0.2, -0.15) is 9.97 Å². The number of carbonyl (C=O) groups is 3. The van der Waals surface area contributed by atoms with E-state index in [1.165, 1.54) is 15.8 Å². The first-order chi connectivity index (χ1) is 15.9. The Morgan fingerprint density at radius 2 is 1.97 bits per heavy atom. The Labute approximate surface area is 188 Å². The molecule has 0 saturated carbocycles. The number of nitrogens with two attached hydrogens (primary N) is 1. The normalized spacial score (nSPS) is 10.7. The quantitative estimate of drug-likeness (QED) is 0.331. The first kappa shape index (κ1) is 23.4. The molecule has 0 bridgehead atoms. The number of aromatic nitrogens is 4. The van der Waals surface area contributed by atoms with Gasteiger partial charge in [0.2, 0.25) is 11.9 Å². The molecular formula is C20H24N8O5. The van der Waals surface area contributed by atoms with E-state index in [2.05, 4.69) is 25.6 Å². The molecule has 3 aromatic rings. The van der Waals surface area contributed by atoms with Crippen LogP contribution in [0.2, 0.25) is 0 Å². The van der Waals surface area contributed by atoms with E-state index in [0.717, 1.165) is 5.56 Å². The summed E-state index contributed by atoms with van der Waals surface area (Å²) in [6.07, 6.45) is 0.581. The number of benzene rings is 1. The maximum absolute atomic E-state index is 12.7. The first-order valence-corrected chi connectivity index (χ1v) is 9.97. The maximum atomic E-state index is 12.7. The number of carbonyl (C=O) groups excluding carboxylic acids is 2. The molecule has 3 rings (SSSR count). The van der Waals surface area contributed by atoms with Crippen LogP contribution in [0.1, 0.15) is 5.56 Å². The van der Waals surface area contributed by atoms with Gasteiger partial charge in [-0.15, -0.1) is 0 Å². The molecule has 5 N–H and O–H groups in total. The molecule has 0 aliphatic rings. The van der Waals surface area contributed by atoms with Crippen molar-refractivity contribution >= 4 is 40.9 Å². The molecule has 0 atom stereocenters. The highest BCUT2D eigenvalue weighted by Gasteiger charge is 2.20. The Bertz CT molecular complexity index is 1130. The number of nitrogens with one attached hydrogen (secondary N) is 2. The first-order valence-electron chi connectivity index (χ1n) is 9.97. The molecule has 0 aliphatic heterocycles. The lowest BCUT2D eigenvalue weighted by atomic mass is 10.2. The van der Waals surface area contributed by atoms with Crippen LogP contribution in [0, 0.1) is 0 Å². The van der Waals surface area contributed by atoms with Crippen molar-refractivity contribution in [3.8, 4) is 0 Å². The van der Waals surface area contributed by atoms with Crippen molar-refractivity contribution in [1.82, 2.24) is 29.7 Å². The van der Waals surface area contributed by atoms with E-state index in [9.17, 15) is 14.4 Å². The molecule has 0 saturated heterocycles. The number of rotatable bonds is 10. The van der Waals surface area contributed by atoms with Gasteiger partial charge in [0.25, 0.3) is 0 Å². The minimum absolute atomic E-state index is 0.0272. The number of ether oxygens (including phenoxy) is 1. The van der Waals surface area contributed by atoms with Gasteiger partial charge in [-0.1, -0.05) is 30.3 Å². The number of hydrogen-bond donors (Lipinski definition) is 4. The second-order valence-corrected chi connectivity index (χ2v) is 6.97. The Morgan fingerprint density at radius 3 is 2.67 bits per heavy atom. The summed E-state index contributed by atoms with van der Waals surface area (Å²) in [7, 11) is 1.70. The number of amides is 2. The maximum Gasteiger partial charge on any atom is 0.413 e. The Hall–Kier alpha value is -4.26. The van der Waals surface area contributed by atoms with Gasteiger partial charge in [0, 0.05) is 13.1 Å². The summed E-state index contributed by atoms with van der Waals surface area (Å²) in [6, 6.07) is 9.14. The van der Waals surface area contributed by atoms with Crippen molar-refractivity contribution in [3.05, 3.63) is 42.2 Å². The molecule has 13 heteroatoms. The van der Waals surface area contributed by atoms with Crippen LogP contribution in [-0.2, 0) is 27.5 Å². The number of carboxylic acid groups (broad SMARTS) is 1. The highest BCUT2D eigenvalue weighted by Crippen LogP contribution is 2.20. The van der Waals surface area contributed by atoms with Crippen LogP contribution in [0.15, 0.2) is 36.7 Å². The SMILES string of the molecule is CNCCN(CC(=O)O)C(=O)Cn1cnc2c(NC(=O)OCc3ccccc3)nc(N)nc21. The Morgan fingerprint density at radius 1 is 1.21 bits per heavy atom. The summed E-state index contributed by atoms with van der Waals surface area (Å²) in [5.41, 5.74) is 7.00. The smallest absolute Gasteiger partial charge is 0.413 e. The molecule has 0 aliphatic carbocycles. The minimum Gasteiger partial charge on any atom is -0.480 e. The van der Waals surface area contributed by atoms with Gasteiger partial charge in [0.05, 0.1) is 6.33 Å². The lowest BCUT2D eigenvalue weighted by Gasteiger charge is -2.20. The van der Waals surface area contributed by atoms with Crippen LogP contribution in [0.5, 0.6) is 0 Å². The molecule has 0 unspecified atom stereocenters. The van der Waals surface area contributed by atoms with Crippen molar-refractivity contribution in [3.63, 3.8) is 0 Å². The van der Waals surface area contributed by atoms with E-state index in [-0.39, 0.29) is 42.6 Å². The van der Waals surface area contributed by atoms with E-state index in [1.807, 2.05) is 30.3 Å². The fourth-order valence-electron chi connectivity index (χ4n) is 2.97. The number of aliphatic carboxylic acids is 1. The number of fused-ring (bicyclic) bond motifs is 1. The fourth-order valence-corrected chi connectivity index (χ4v) is 2.97. The molecule has 2 heterocycles. The second-order valence-electron chi connectivity index (χ2n) is 6.97. The summed E-state index contributed by atoms with van der Waals surface area (Å²) in [4.78, 5) is 49.5. The van der Waals surface area contributed by atoms with Crippen LogP contribution in [0.3, 0.4) is 0 Å². The molecular weight excluding hydrogens is 432 g/mol. The number of carboxylic acids is 1. The average molecular weight is 456 g/mol. The highest BCUT2D eigenvalue weighted by molar-refractivity contribution is 5.94. The number of nitrogen functional groups attached to an aromatic ring is 1. The number of hydrogen-bond acceptors (Lipinski definition) is 9. The van der Waals surface area contributed by atoms with Gasteiger partial charge in [-0.25, -0.2) is 9.78 Å². The summed E-state index contributed by atoms with van der Waals surface area (Å²) in [6.45, 7) is 0.0426. The van der Waals surface area contributed by atoms with Crippen LogP contribution < -0.4 is 16.4 Å². The van der Waals surface area contributed by atoms with Gasteiger partial charge in [0.1, 0.15) is 19.7 Å². The summed E-state index contributed by atoms with van der Waals surface area (Å²) < 4.78 is 6.60. The van der Waals surface area contributed by atoms with E-state index < -0.39 is 24.5 Å². The number of anilines is 2. The molecule has 1 aromatic carbocycles. The molecule has 13 nitrogen and oxygen atoms in total. The topological polar surface area (TPSA) is 178 Å². The number of nitrogens with zero attached hydrogens (tertiary/aromatic N) is 5. The van der Waals surface area contributed by atoms with Crippen molar-refractivity contribution < 1.29 is 24.2 Å². The average Bonchev–Trinajstić information content (AvgIpc) is 3.18. The molecule has 0 fully saturated rings. The standard InChI is InChI=1S/C20H24N8O5/c1-22-7-8-27(10-15(30)31)14(29)9-28-12-23-16-17(24-19(21)26-18(16)28)25-20(32)33-11-13-5-3-2-4-6-13/h2-6,12,22H,7-11H2,1H3,(H,30,31)(H3,21,24,25,26,32). The number of likely N-dealkylation sites (N-methyl/N-ethyl adjacent to an activating group) is 1. The third kappa shape index (κ3) is 6.36. The van der Waals surface area contributed by atoms with Gasteiger partial charge in [-0.05, 0) is 12.6 Å². The van der Waals surface area contributed by atoms with Crippen molar-refractivity contribution in [1.29, 1.82) is 0 Å². The Balaban J connectivity index is 1.74. The largest absolute Gasteiger partial charge is 0.480 e. The molecule has 0 spiro atoms. The third-order valence-corrected chi connectivity index (χ3v) is 4.53. The second kappa shape index (κ2) is 10.9. The molecule has 33 heavy (non-hydrogen) atoms. The van der Waals surface area contributed by atoms with Crippen LogP contribution in [0.4, 0.5) is 16.6 Å². The van der Waals surface area contributed by atoms with Gasteiger partial charge < -0.3 is 30.4 Å². The number of imidazole rings is 1. The predicted molar refractivity (Wildman–Crippen MR) is 118 cm³/mol. The van der Waals surface area contributed by atoms with Gasteiger partial charge in [0.15, 0.2) is 17.0 Å². The third-order valence-electron chi connectivity index (χ3n) is 4.53. The predicted octanol–water partition coefficient (Wildman–Crippen LogP) is 0.290. The molecule has 0 radical (unpaired) electrons. The molecule has 2 aromatic heterocycles. The zero-order valence-electron chi connectivity index (χ0n) is 17.9. The van der Waals surface area contributed by atoms with Crippen molar-refractivity contribution in [2.75, 3.05) is 37.7 Å². The van der Waals surface area contributed by atoms with Crippen molar-refractivity contribution in [2.45, 2.75) is 13.2 Å². The summed E-state index contributed by atoms with van der Waals surface area (Å²) in [5.74, 6) is -1.69. The zero-order chi connectivity index (χ0) is 23.8. The van der Waals surface area contributed by atoms with Crippen molar-refractivity contribution in [2.24, 2.45) is 0 Å². The van der Waals surface area contributed by atoms with Crippen LogP contribution in [-0.4, -0.2) is 74.2 Å². The summed E-state index contributed by atoms with van der Waals surface area (Å²) in [5, 5.41) is 14.4. The van der Waals surface area contributed by atoms with Gasteiger partial charge in [-0.3, -0.25) is 14.9 Å². The lowest BCUT2D eigenvalue weighted by Crippen LogP contribution is -2.41. The van der Waals surface area contributed by atoms with E-state index in [0.29, 0.717) is 6.54 Å². The van der Waals surface area contributed by atoms with Crippen LogP contribution >= 0.6 is 0 Å². The monoisotopic (exact) mass is 456 g/mol. The molecule has 2 amide bonds. The lowest BCUT2D eigenvalue weighted by molar-refractivity contribution is -0.144. The van der Waals surface area contributed by atoms with Gasteiger partial charge >= 0.3 is 12.1 Å². The molecule has 174 valence electrons. The van der Waals surface area contributed by atoms with E-state index in [1.54, 1.807) is 7.05 Å². The van der Waals surface area contributed by atoms with E-state index in [4.69, 9.17) is 15.6 Å². The van der Waals surface area contributed by atoms with E-state index >= 15 is 0 Å². The zero-order valence-corrected chi connectivity index (χ0v) is 17.9. The fraction of sp³-hybridized carbons (Fsp3) is 0.300.